The maximum Gasteiger partial charge on any atom is 0.240 e. The second kappa shape index (κ2) is 15.2. The minimum Gasteiger partial charge on any atom is -0.210 e. The molecule has 4 aromatic carbocycles. The second-order valence-corrected chi connectivity index (χ2v) is 19.1. The first kappa shape index (κ1) is 38.3. The molecule has 0 aliphatic rings. The van der Waals surface area contributed by atoms with Crippen LogP contribution in [0, 0.1) is 33.1 Å². The molecule has 4 rings (SSSR count). The smallest absolute Gasteiger partial charge is 0.210 e. The molecular weight excluding hydrogens is 709 g/mol. The number of hydrogen-bond acceptors (Lipinski definition) is 8. The lowest BCUT2D eigenvalue weighted by Gasteiger charge is -2.34. The number of rotatable bonds is 16. The van der Waals surface area contributed by atoms with Crippen LogP contribution in [0.4, 0.5) is 0 Å². The molecule has 0 saturated carbocycles. The molecule has 49 heavy (non-hydrogen) atoms. The summed E-state index contributed by atoms with van der Waals surface area (Å²) in [6, 6.07) is 23.9. The molecule has 0 saturated heterocycles. The van der Waals surface area contributed by atoms with Gasteiger partial charge >= 0.3 is 0 Å². The molecule has 264 valence electrons. The maximum absolute atomic E-state index is 13.4. The van der Waals surface area contributed by atoms with Crippen molar-refractivity contribution in [2.75, 3.05) is 26.2 Å². The summed E-state index contributed by atoms with van der Waals surface area (Å²) in [7, 11) is -16.9. The van der Waals surface area contributed by atoms with E-state index in [2.05, 4.69) is 18.9 Å². The molecule has 4 aromatic rings. The van der Waals surface area contributed by atoms with Crippen LogP contribution in [0.1, 0.15) is 22.3 Å². The van der Waals surface area contributed by atoms with Crippen molar-refractivity contribution < 1.29 is 33.7 Å². The Morgan fingerprint density at radius 3 is 0.673 bits per heavy atom. The summed E-state index contributed by atoms with van der Waals surface area (Å²) in [4.78, 5) is -0.360. The summed E-state index contributed by atoms with van der Waals surface area (Å²) < 4.78 is 117. The highest BCUT2D eigenvalue weighted by atomic mass is 32.2. The molecule has 0 fully saturated rings. The molecule has 0 atom stereocenters. The van der Waals surface area contributed by atoms with Gasteiger partial charge in [0.2, 0.25) is 40.1 Å². The predicted molar refractivity (Wildman–Crippen MR) is 188 cm³/mol. The standard InChI is InChI=1S/C33H40N4O8S4/c1-25-5-13-29(14-6-25)46(38,39)34-21-33(22-35-47(40,41)30-15-7-26(2)8-16-30,23-36-48(42,43)31-17-9-27(3)10-18-31)24-37-49(44,45)32-19-11-28(4)12-20-32/h5-20,34-37H,21-24H2,1-4H3. The Hall–Kier alpha value is -3.48. The van der Waals surface area contributed by atoms with E-state index in [1.54, 1.807) is 76.2 Å². The number of hydrogen-bond donors (Lipinski definition) is 4. The summed E-state index contributed by atoms with van der Waals surface area (Å²) in [6.07, 6.45) is 0. The molecule has 0 aromatic heterocycles. The van der Waals surface area contributed by atoms with Crippen molar-refractivity contribution in [3.05, 3.63) is 119 Å². The van der Waals surface area contributed by atoms with Crippen LogP contribution >= 0.6 is 0 Å². The summed E-state index contributed by atoms with van der Waals surface area (Å²) in [5.41, 5.74) is 1.53. The van der Waals surface area contributed by atoms with E-state index >= 15 is 0 Å². The van der Waals surface area contributed by atoms with Gasteiger partial charge < -0.3 is 0 Å². The highest BCUT2D eigenvalue weighted by Crippen LogP contribution is 2.22. The molecule has 0 aliphatic carbocycles. The van der Waals surface area contributed by atoms with Gasteiger partial charge in [0.15, 0.2) is 0 Å². The van der Waals surface area contributed by atoms with Gasteiger partial charge in [-0.3, -0.25) is 0 Å². The van der Waals surface area contributed by atoms with E-state index in [9.17, 15) is 33.7 Å². The fourth-order valence-corrected chi connectivity index (χ4v) is 9.20. The van der Waals surface area contributed by atoms with Gasteiger partial charge in [-0.25, -0.2) is 52.6 Å². The molecule has 4 N–H and O–H groups in total. The molecular formula is C33H40N4O8S4. The minimum atomic E-state index is -4.22. The van der Waals surface area contributed by atoms with Crippen LogP contribution in [-0.4, -0.2) is 59.9 Å². The quantitative estimate of drug-likeness (QED) is 0.135. The van der Waals surface area contributed by atoms with Crippen molar-refractivity contribution in [1.82, 2.24) is 18.9 Å². The Balaban J connectivity index is 1.75. The van der Waals surface area contributed by atoms with Crippen LogP contribution in [0.25, 0.3) is 0 Å². The first-order valence-electron chi connectivity index (χ1n) is 15.1. The topological polar surface area (TPSA) is 185 Å². The van der Waals surface area contributed by atoms with Gasteiger partial charge in [-0.2, -0.15) is 0 Å². The zero-order valence-corrected chi connectivity index (χ0v) is 30.7. The molecule has 0 unspecified atom stereocenters. The summed E-state index contributed by atoms with van der Waals surface area (Å²) >= 11 is 0. The van der Waals surface area contributed by atoms with Crippen LogP contribution in [0.15, 0.2) is 117 Å². The van der Waals surface area contributed by atoms with Crippen molar-refractivity contribution in [3.8, 4) is 0 Å². The van der Waals surface area contributed by atoms with Gasteiger partial charge in [0.1, 0.15) is 0 Å². The van der Waals surface area contributed by atoms with Gasteiger partial charge in [0, 0.05) is 31.6 Å². The first-order valence-corrected chi connectivity index (χ1v) is 21.0. The molecule has 0 spiro atoms. The summed E-state index contributed by atoms with van der Waals surface area (Å²) in [6.45, 7) is 4.84. The van der Waals surface area contributed by atoms with Crippen molar-refractivity contribution >= 4 is 40.1 Å². The number of sulfonamides is 4. The lowest BCUT2D eigenvalue weighted by molar-refractivity contribution is 0.289. The van der Waals surface area contributed by atoms with E-state index in [-0.39, 0.29) is 19.6 Å². The Bertz CT molecular complexity index is 1870. The van der Waals surface area contributed by atoms with Crippen molar-refractivity contribution in [2.45, 2.75) is 47.3 Å². The Morgan fingerprint density at radius 1 is 0.347 bits per heavy atom. The van der Waals surface area contributed by atoms with Crippen LogP contribution in [0.3, 0.4) is 0 Å². The van der Waals surface area contributed by atoms with Gasteiger partial charge in [-0.05, 0) is 76.2 Å². The second-order valence-electron chi connectivity index (χ2n) is 12.1. The fraction of sp³-hybridized carbons (Fsp3) is 0.273. The third-order valence-electron chi connectivity index (χ3n) is 7.87. The van der Waals surface area contributed by atoms with Crippen molar-refractivity contribution in [3.63, 3.8) is 0 Å². The molecule has 12 nitrogen and oxygen atoms in total. The maximum atomic E-state index is 13.4. The SMILES string of the molecule is Cc1ccc(S(=O)(=O)NCC(CNS(=O)(=O)c2ccc(C)cc2)(CNS(=O)(=O)c2ccc(C)cc2)CNS(=O)(=O)c2ccc(C)cc2)cc1. The molecule has 0 amide bonds. The molecule has 16 heteroatoms. The Labute approximate surface area is 289 Å². The van der Waals surface area contributed by atoms with Crippen LogP contribution < -0.4 is 18.9 Å². The van der Waals surface area contributed by atoms with Crippen LogP contribution in [0.5, 0.6) is 0 Å². The third-order valence-corrected chi connectivity index (χ3v) is 13.5. The number of nitrogens with one attached hydrogen (secondary N) is 4. The highest BCUT2D eigenvalue weighted by Gasteiger charge is 2.37. The molecule has 0 aliphatic heterocycles. The largest absolute Gasteiger partial charge is 0.240 e. The summed E-state index contributed by atoms with van der Waals surface area (Å²) in [5.74, 6) is 0. The average Bonchev–Trinajstić information content (AvgIpc) is 3.05. The van der Waals surface area contributed by atoms with E-state index in [4.69, 9.17) is 0 Å². The Kier molecular flexibility index (Phi) is 11.9. The van der Waals surface area contributed by atoms with Gasteiger partial charge in [-0.1, -0.05) is 70.8 Å². The normalized spacial score (nSPS) is 13.0. The zero-order chi connectivity index (χ0) is 36.1. The lowest BCUT2D eigenvalue weighted by Crippen LogP contribution is -2.56. The number of benzene rings is 4. The lowest BCUT2D eigenvalue weighted by atomic mass is 9.89. The first-order chi connectivity index (χ1) is 22.8. The summed E-state index contributed by atoms with van der Waals surface area (Å²) in [5, 5.41) is 0. The van der Waals surface area contributed by atoms with E-state index in [1.807, 2.05) is 0 Å². The predicted octanol–water partition coefficient (Wildman–Crippen LogP) is 3.12. The fourth-order valence-electron chi connectivity index (χ4n) is 4.57. The van der Waals surface area contributed by atoms with Crippen LogP contribution in [0.2, 0.25) is 0 Å². The van der Waals surface area contributed by atoms with E-state index in [1.165, 1.54) is 48.5 Å². The molecule has 0 bridgehead atoms. The highest BCUT2D eigenvalue weighted by molar-refractivity contribution is 7.90. The molecule has 0 radical (unpaired) electrons. The monoisotopic (exact) mass is 748 g/mol. The third kappa shape index (κ3) is 10.3. The van der Waals surface area contributed by atoms with Crippen molar-refractivity contribution in [1.29, 1.82) is 0 Å². The van der Waals surface area contributed by atoms with Gasteiger partial charge in [0.25, 0.3) is 0 Å². The van der Waals surface area contributed by atoms with Gasteiger partial charge in [0.05, 0.1) is 19.6 Å². The van der Waals surface area contributed by atoms with Gasteiger partial charge in [-0.15, -0.1) is 0 Å². The van der Waals surface area contributed by atoms with E-state index < -0.39 is 71.7 Å². The average molecular weight is 749 g/mol. The van der Waals surface area contributed by atoms with Crippen molar-refractivity contribution in [2.24, 2.45) is 5.41 Å². The van der Waals surface area contributed by atoms with E-state index in [0.717, 1.165) is 22.3 Å². The Morgan fingerprint density at radius 2 is 0.510 bits per heavy atom. The molecule has 0 heterocycles. The minimum absolute atomic E-state index is 0.0901. The zero-order valence-electron chi connectivity index (χ0n) is 27.5. The van der Waals surface area contributed by atoms with Crippen LogP contribution in [-0.2, 0) is 40.1 Å². The van der Waals surface area contributed by atoms with E-state index in [0.29, 0.717) is 0 Å². The number of aryl methyl sites for hydroxylation is 4.